The van der Waals surface area contributed by atoms with Crippen LogP contribution in [-0.4, -0.2) is 51.7 Å². The van der Waals surface area contributed by atoms with Crippen LogP contribution < -0.4 is 10.6 Å². The summed E-state index contributed by atoms with van der Waals surface area (Å²) in [4.78, 5) is 22.8. The Morgan fingerprint density at radius 2 is 1.73 bits per heavy atom. The molecule has 7 nitrogen and oxygen atoms in total. The molecule has 0 heterocycles. The Bertz CT molecular complexity index is 669. The lowest BCUT2D eigenvalue weighted by Crippen LogP contribution is -2.33. The van der Waals surface area contributed by atoms with Gasteiger partial charge in [-0.25, -0.2) is 12.7 Å². The van der Waals surface area contributed by atoms with Gasteiger partial charge in [-0.1, -0.05) is 6.07 Å². The zero-order valence-corrected chi connectivity index (χ0v) is 14.0. The van der Waals surface area contributed by atoms with Gasteiger partial charge in [0, 0.05) is 39.7 Å². The van der Waals surface area contributed by atoms with Crippen molar-refractivity contribution < 1.29 is 18.0 Å². The summed E-state index contributed by atoms with van der Waals surface area (Å²) in [6, 6.07) is 4.52. The quantitative estimate of drug-likeness (QED) is 0.725. The average Bonchev–Trinajstić information content (AvgIpc) is 2.43. The number of carbonyl (C=O) groups excluding carboxylic acids is 2. The van der Waals surface area contributed by atoms with Gasteiger partial charge in [-0.05, 0) is 24.6 Å². The lowest BCUT2D eigenvalue weighted by Gasteiger charge is -2.14. The van der Waals surface area contributed by atoms with Crippen LogP contribution in [0.4, 0.5) is 0 Å². The Hall–Kier alpha value is -1.93. The lowest BCUT2D eigenvalue weighted by molar-refractivity contribution is -0.118. The summed E-state index contributed by atoms with van der Waals surface area (Å²) in [5, 5.41) is 5.18. The summed E-state index contributed by atoms with van der Waals surface area (Å²) in [6.07, 6.45) is 0. The second-order valence-corrected chi connectivity index (χ2v) is 7.13. The number of rotatable bonds is 6. The van der Waals surface area contributed by atoms with Crippen molar-refractivity contribution in [1.29, 1.82) is 0 Å². The second kappa shape index (κ2) is 7.37. The van der Waals surface area contributed by atoms with Gasteiger partial charge in [0.05, 0.1) is 4.90 Å². The highest BCUT2D eigenvalue weighted by atomic mass is 32.2. The molecule has 0 unspecified atom stereocenters. The Morgan fingerprint density at radius 1 is 1.14 bits per heavy atom. The molecule has 0 bridgehead atoms. The van der Waals surface area contributed by atoms with E-state index < -0.39 is 10.0 Å². The SMILES string of the molecule is CC(=O)NCCNC(=O)c1ccc(C)c(S(=O)(=O)N(C)C)c1. The number of nitrogens with one attached hydrogen (secondary N) is 2. The van der Waals surface area contributed by atoms with Crippen LogP contribution in [0.25, 0.3) is 0 Å². The molecule has 1 aromatic rings. The Balaban J connectivity index is 2.89. The minimum absolute atomic E-state index is 0.104. The van der Waals surface area contributed by atoms with Gasteiger partial charge in [0.25, 0.3) is 5.91 Å². The van der Waals surface area contributed by atoms with E-state index >= 15 is 0 Å². The number of aryl methyl sites for hydroxylation is 1. The third kappa shape index (κ3) is 4.54. The van der Waals surface area contributed by atoms with Gasteiger partial charge >= 0.3 is 0 Å². The fraction of sp³-hybridized carbons (Fsp3) is 0.429. The lowest BCUT2D eigenvalue weighted by atomic mass is 10.1. The largest absolute Gasteiger partial charge is 0.355 e. The number of hydrogen-bond donors (Lipinski definition) is 2. The van der Waals surface area contributed by atoms with Crippen LogP contribution in [0.3, 0.4) is 0 Å². The third-order valence-electron chi connectivity index (χ3n) is 2.99. The Morgan fingerprint density at radius 3 is 2.27 bits per heavy atom. The van der Waals surface area contributed by atoms with Crippen LogP contribution in [-0.2, 0) is 14.8 Å². The summed E-state index contributed by atoms with van der Waals surface area (Å²) in [5.41, 5.74) is 0.831. The number of sulfonamides is 1. The van der Waals surface area contributed by atoms with Gasteiger partial charge in [0.2, 0.25) is 15.9 Å². The molecule has 0 aliphatic carbocycles. The van der Waals surface area contributed by atoms with E-state index in [9.17, 15) is 18.0 Å². The molecule has 0 saturated heterocycles. The van der Waals surface area contributed by atoms with Gasteiger partial charge in [0.15, 0.2) is 0 Å². The molecule has 1 aromatic carbocycles. The van der Waals surface area contributed by atoms with E-state index in [1.165, 1.54) is 27.1 Å². The summed E-state index contributed by atoms with van der Waals surface area (Å²) in [6.45, 7) is 3.65. The molecule has 0 atom stereocenters. The van der Waals surface area contributed by atoms with Crippen molar-refractivity contribution >= 4 is 21.8 Å². The first-order valence-corrected chi connectivity index (χ1v) is 8.16. The molecule has 22 heavy (non-hydrogen) atoms. The van der Waals surface area contributed by atoms with Gasteiger partial charge in [0.1, 0.15) is 0 Å². The summed E-state index contributed by atoms with van der Waals surface area (Å²) in [5.74, 6) is -0.565. The van der Waals surface area contributed by atoms with E-state index in [2.05, 4.69) is 10.6 Å². The molecule has 0 radical (unpaired) electrons. The topological polar surface area (TPSA) is 95.6 Å². The van der Waals surface area contributed by atoms with E-state index in [4.69, 9.17) is 0 Å². The molecule has 8 heteroatoms. The molecule has 2 amide bonds. The monoisotopic (exact) mass is 327 g/mol. The van der Waals surface area contributed by atoms with Gasteiger partial charge < -0.3 is 10.6 Å². The van der Waals surface area contributed by atoms with Gasteiger partial charge in [-0.3, -0.25) is 9.59 Å². The molecular formula is C14H21N3O4S. The zero-order chi connectivity index (χ0) is 16.9. The first-order valence-electron chi connectivity index (χ1n) is 6.72. The maximum absolute atomic E-state index is 12.2. The molecule has 0 spiro atoms. The minimum Gasteiger partial charge on any atom is -0.355 e. The van der Waals surface area contributed by atoms with Gasteiger partial charge in [-0.15, -0.1) is 0 Å². The minimum atomic E-state index is -3.60. The Labute approximate surface area is 130 Å². The van der Waals surface area contributed by atoms with Crippen LogP contribution in [0.15, 0.2) is 23.1 Å². The van der Waals surface area contributed by atoms with Crippen LogP contribution in [0, 0.1) is 6.92 Å². The molecule has 122 valence electrons. The predicted molar refractivity (Wildman–Crippen MR) is 83.1 cm³/mol. The van der Waals surface area contributed by atoms with E-state index in [-0.39, 0.29) is 28.8 Å². The number of hydrogen-bond acceptors (Lipinski definition) is 4. The van der Waals surface area contributed by atoms with Gasteiger partial charge in [-0.2, -0.15) is 0 Å². The van der Waals surface area contributed by atoms with Crippen molar-refractivity contribution in [1.82, 2.24) is 14.9 Å². The second-order valence-electron chi connectivity index (χ2n) is 5.01. The fourth-order valence-corrected chi connectivity index (χ4v) is 2.88. The third-order valence-corrected chi connectivity index (χ3v) is 4.95. The first-order chi connectivity index (χ1) is 10.2. The molecule has 0 aliphatic heterocycles. The van der Waals surface area contributed by atoms with Crippen molar-refractivity contribution in [3.8, 4) is 0 Å². The predicted octanol–water partition coefficient (Wildman–Crippen LogP) is 0.111. The highest BCUT2D eigenvalue weighted by Crippen LogP contribution is 2.19. The summed E-state index contributed by atoms with van der Waals surface area (Å²) in [7, 11) is -0.725. The number of carbonyl (C=O) groups is 2. The Kier molecular flexibility index (Phi) is 6.07. The van der Waals surface area contributed by atoms with Crippen LogP contribution in [0.5, 0.6) is 0 Å². The molecule has 0 aromatic heterocycles. The molecule has 2 N–H and O–H groups in total. The van der Waals surface area contributed by atoms with Crippen LogP contribution in [0.2, 0.25) is 0 Å². The maximum Gasteiger partial charge on any atom is 0.251 e. The number of amides is 2. The number of benzene rings is 1. The van der Waals surface area contributed by atoms with Crippen molar-refractivity contribution in [2.24, 2.45) is 0 Å². The van der Waals surface area contributed by atoms with E-state index in [1.54, 1.807) is 19.1 Å². The molecule has 0 saturated carbocycles. The van der Waals surface area contributed by atoms with Crippen molar-refractivity contribution in [2.75, 3.05) is 27.2 Å². The summed E-state index contributed by atoms with van der Waals surface area (Å²) >= 11 is 0. The average molecular weight is 327 g/mol. The highest BCUT2D eigenvalue weighted by Gasteiger charge is 2.21. The maximum atomic E-state index is 12.2. The zero-order valence-electron chi connectivity index (χ0n) is 13.1. The summed E-state index contributed by atoms with van der Waals surface area (Å²) < 4.78 is 25.5. The van der Waals surface area contributed by atoms with Crippen molar-refractivity contribution in [3.63, 3.8) is 0 Å². The molecule has 0 aliphatic rings. The normalized spacial score (nSPS) is 11.3. The number of nitrogens with zero attached hydrogens (tertiary/aromatic N) is 1. The molecule has 1 rings (SSSR count). The highest BCUT2D eigenvalue weighted by molar-refractivity contribution is 7.89. The van der Waals surface area contributed by atoms with Crippen LogP contribution in [0.1, 0.15) is 22.8 Å². The van der Waals surface area contributed by atoms with Crippen molar-refractivity contribution in [2.45, 2.75) is 18.7 Å². The van der Waals surface area contributed by atoms with Crippen molar-refractivity contribution in [3.05, 3.63) is 29.3 Å². The van der Waals surface area contributed by atoms with E-state index in [0.717, 1.165) is 4.31 Å². The van der Waals surface area contributed by atoms with E-state index in [1.807, 2.05) is 0 Å². The fourth-order valence-electron chi connectivity index (χ4n) is 1.73. The molecule has 0 fully saturated rings. The molecular weight excluding hydrogens is 306 g/mol. The first kappa shape index (κ1) is 18.1. The van der Waals surface area contributed by atoms with E-state index in [0.29, 0.717) is 12.1 Å². The smallest absolute Gasteiger partial charge is 0.251 e. The standard InChI is InChI=1S/C14H21N3O4S/c1-10-5-6-12(9-13(10)22(20,21)17(3)4)14(19)16-8-7-15-11(2)18/h5-6,9H,7-8H2,1-4H3,(H,15,18)(H,16,19). The van der Waals surface area contributed by atoms with Crippen LogP contribution >= 0.6 is 0 Å².